The minimum absolute atomic E-state index is 0.0526. The van der Waals surface area contributed by atoms with E-state index in [1.54, 1.807) is 0 Å². The molecule has 2 aromatic carbocycles. The second kappa shape index (κ2) is 8.81. The van der Waals surface area contributed by atoms with Crippen molar-refractivity contribution in [2.75, 3.05) is 26.2 Å². The summed E-state index contributed by atoms with van der Waals surface area (Å²) < 4.78 is 0. The van der Waals surface area contributed by atoms with Gasteiger partial charge in [0.05, 0.1) is 0 Å². The van der Waals surface area contributed by atoms with Gasteiger partial charge in [-0.1, -0.05) is 61.9 Å². The predicted octanol–water partition coefficient (Wildman–Crippen LogP) is 5.34. The second-order valence-electron chi connectivity index (χ2n) is 10.4. The first-order valence-corrected chi connectivity index (χ1v) is 12.4. The maximum Gasteiger partial charge on any atom is 0.253 e. The molecule has 0 unspecified atom stereocenters. The molecular formula is C29H34N2O2. The average molecular weight is 443 g/mol. The van der Waals surface area contributed by atoms with Crippen LogP contribution in [0.5, 0.6) is 0 Å². The standard InChI is InChI=1S/C29H34N2O2/c1-21(23-6-4-7-23)19-22-5-3-8-26(20-22)24-9-11-25(12-10-24)27(32)30-15-17-31(18-16-30)28(33)29(2)13-14-29/h3,5,8-12,20,23H,1,4,6-7,13-19H2,2H3. The quantitative estimate of drug-likeness (QED) is 0.567. The summed E-state index contributed by atoms with van der Waals surface area (Å²) in [7, 11) is 0. The molecular weight excluding hydrogens is 408 g/mol. The zero-order valence-electron chi connectivity index (χ0n) is 19.7. The number of allylic oxidation sites excluding steroid dienone is 1. The minimum Gasteiger partial charge on any atom is -0.339 e. The van der Waals surface area contributed by atoms with Crippen LogP contribution in [0, 0.1) is 11.3 Å². The zero-order chi connectivity index (χ0) is 23.0. The van der Waals surface area contributed by atoms with E-state index in [0.717, 1.165) is 24.8 Å². The molecule has 2 aromatic rings. The van der Waals surface area contributed by atoms with Gasteiger partial charge in [0.1, 0.15) is 0 Å². The summed E-state index contributed by atoms with van der Waals surface area (Å²) in [6.07, 6.45) is 6.85. The molecule has 172 valence electrons. The van der Waals surface area contributed by atoms with Gasteiger partial charge in [-0.3, -0.25) is 9.59 Å². The van der Waals surface area contributed by atoms with Crippen molar-refractivity contribution in [3.05, 3.63) is 71.8 Å². The van der Waals surface area contributed by atoms with E-state index < -0.39 is 0 Å². The van der Waals surface area contributed by atoms with Crippen LogP contribution in [0.25, 0.3) is 11.1 Å². The first kappa shape index (κ1) is 21.9. The van der Waals surface area contributed by atoms with Crippen molar-refractivity contribution in [1.29, 1.82) is 0 Å². The molecule has 0 radical (unpaired) electrons. The summed E-state index contributed by atoms with van der Waals surface area (Å²) in [5, 5.41) is 0. The van der Waals surface area contributed by atoms with Crippen molar-refractivity contribution in [2.24, 2.45) is 11.3 Å². The molecule has 2 saturated carbocycles. The number of piperazine rings is 1. The van der Waals surface area contributed by atoms with E-state index in [9.17, 15) is 9.59 Å². The highest BCUT2D eigenvalue weighted by Gasteiger charge is 2.47. The summed E-state index contributed by atoms with van der Waals surface area (Å²) in [6.45, 7) is 8.85. The van der Waals surface area contributed by atoms with Crippen LogP contribution in [0.4, 0.5) is 0 Å². The van der Waals surface area contributed by atoms with E-state index in [1.807, 2.05) is 34.1 Å². The Morgan fingerprint density at radius 2 is 1.61 bits per heavy atom. The van der Waals surface area contributed by atoms with Crippen molar-refractivity contribution in [1.82, 2.24) is 9.80 Å². The molecule has 3 fully saturated rings. The molecule has 1 heterocycles. The molecule has 0 aromatic heterocycles. The van der Waals surface area contributed by atoms with Crippen molar-refractivity contribution < 1.29 is 9.59 Å². The van der Waals surface area contributed by atoms with E-state index in [0.29, 0.717) is 37.7 Å². The zero-order valence-corrected chi connectivity index (χ0v) is 19.7. The monoisotopic (exact) mass is 442 g/mol. The first-order valence-electron chi connectivity index (χ1n) is 12.4. The van der Waals surface area contributed by atoms with E-state index in [2.05, 4.69) is 37.8 Å². The van der Waals surface area contributed by atoms with Gasteiger partial charge in [-0.15, -0.1) is 0 Å². The fraction of sp³-hybridized carbons (Fsp3) is 0.448. The van der Waals surface area contributed by atoms with E-state index in [1.165, 1.54) is 36.0 Å². The third-order valence-electron chi connectivity index (χ3n) is 7.88. The predicted molar refractivity (Wildman–Crippen MR) is 132 cm³/mol. The normalized spacial score (nSPS) is 19.7. The molecule has 0 N–H and O–H groups in total. The smallest absolute Gasteiger partial charge is 0.253 e. The molecule has 4 nitrogen and oxygen atoms in total. The molecule has 0 spiro atoms. The van der Waals surface area contributed by atoms with Crippen LogP contribution < -0.4 is 0 Å². The van der Waals surface area contributed by atoms with Crippen molar-refractivity contribution in [3.63, 3.8) is 0 Å². The van der Waals surface area contributed by atoms with Gasteiger partial charge in [-0.2, -0.15) is 0 Å². The van der Waals surface area contributed by atoms with Crippen LogP contribution in [0.3, 0.4) is 0 Å². The van der Waals surface area contributed by atoms with Crippen LogP contribution in [-0.2, 0) is 11.2 Å². The summed E-state index contributed by atoms with van der Waals surface area (Å²) >= 11 is 0. The van der Waals surface area contributed by atoms with Gasteiger partial charge in [0.2, 0.25) is 5.91 Å². The molecule has 1 aliphatic heterocycles. The number of nitrogens with zero attached hydrogens (tertiary/aromatic N) is 2. The fourth-order valence-electron chi connectivity index (χ4n) is 4.97. The van der Waals surface area contributed by atoms with Gasteiger partial charge in [-0.05, 0) is 66.8 Å². The van der Waals surface area contributed by atoms with Gasteiger partial charge in [-0.25, -0.2) is 0 Å². The maximum absolute atomic E-state index is 13.0. The van der Waals surface area contributed by atoms with Crippen LogP contribution in [-0.4, -0.2) is 47.8 Å². The van der Waals surface area contributed by atoms with Gasteiger partial charge in [0.25, 0.3) is 5.91 Å². The Kier molecular flexibility index (Phi) is 5.86. The molecule has 4 heteroatoms. The topological polar surface area (TPSA) is 40.6 Å². The summed E-state index contributed by atoms with van der Waals surface area (Å²) in [5.41, 5.74) is 5.53. The fourth-order valence-corrected chi connectivity index (χ4v) is 4.97. The number of benzene rings is 2. The minimum atomic E-state index is -0.135. The maximum atomic E-state index is 13.0. The number of carbonyl (C=O) groups excluding carboxylic acids is 2. The Hall–Kier alpha value is -2.88. The van der Waals surface area contributed by atoms with E-state index in [4.69, 9.17) is 0 Å². The molecule has 1 saturated heterocycles. The van der Waals surface area contributed by atoms with Crippen molar-refractivity contribution in [2.45, 2.75) is 45.4 Å². The van der Waals surface area contributed by atoms with Crippen LogP contribution >= 0.6 is 0 Å². The Balaban J connectivity index is 1.20. The Bertz CT molecular complexity index is 1060. The highest BCUT2D eigenvalue weighted by atomic mass is 16.2. The van der Waals surface area contributed by atoms with Gasteiger partial charge in [0, 0.05) is 37.2 Å². The van der Waals surface area contributed by atoms with Gasteiger partial charge < -0.3 is 9.80 Å². The molecule has 0 atom stereocenters. The molecule has 2 aliphatic carbocycles. The van der Waals surface area contributed by atoms with Crippen molar-refractivity contribution >= 4 is 11.8 Å². The summed E-state index contributed by atoms with van der Waals surface area (Å²) in [4.78, 5) is 29.4. The highest BCUT2D eigenvalue weighted by Crippen LogP contribution is 2.46. The molecule has 2 amide bonds. The summed E-state index contributed by atoms with van der Waals surface area (Å²) in [5.74, 6) is 1.02. The molecule has 3 aliphatic rings. The number of carbonyl (C=O) groups is 2. The third-order valence-corrected chi connectivity index (χ3v) is 7.88. The highest BCUT2D eigenvalue weighted by molar-refractivity contribution is 5.95. The summed E-state index contributed by atoms with van der Waals surface area (Å²) in [6, 6.07) is 16.6. The molecule has 33 heavy (non-hydrogen) atoms. The Morgan fingerprint density at radius 3 is 2.21 bits per heavy atom. The lowest BCUT2D eigenvalue weighted by atomic mass is 9.78. The first-order chi connectivity index (χ1) is 15.9. The second-order valence-corrected chi connectivity index (χ2v) is 10.4. The number of amides is 2. The lowest BCUT2D eigenvalue weighted by Crippen LogP contribution is -2.52. The van der Waals surface area contributed by atoms with E-state index >= 15 is 0 Å². The SMILES string of the molecule is C=C(Cc1cccc(-c2ccc(C(=O)N3CCN(C(=O)C4(C)CC4)CC3)cc2)c1)C1CCC1. The number of hydrogen-bond donors (Lipinski definition) is 0. The van der Waals surface area contributed by atoms with E-state index in [-0.39, 0.29) is 17.2 Å². The van der Waals surface area contributed by atoms with Gasteiger partial charge >= 0.3 is 0 Å². The number of rotatable bonds is 6. The van der Waals surface area contributed by atoms with Crippen LogP contribution in [0.2, 0.25) is 0 Å². The molecule has 5 rings (SSSR count). The van der Waals surface area contributed by atoms with Crippen molar-refractivity contribution in [3.8, 4) is 11.1 Å². The van der Waals surface area contributed by atoms with Crippen LogP contribution in [0.1, 0.15) is 54.9 Å². The largest absolute Gasteiger partial charge is 0.339 e. The van der Waals surface area contributed by atoms with Gasteiger partial charge in [0.15, 0.2) is 0 Å². The lowest BCUT2D eigenvalue weighted by molar-refractivity contribution is -0.137. The Labute approximate surface area is 197 Å². The lowest BCUT2D eigenvalue weighted by Gasteiger charge is -2.36. The average Bonchev–Trinajstić information content (AvgIpc) is 3.56. The Morgan fingerprint density at radius 1 is 0.939 bits per heavy atom. The third kappa shape index (κ3) is 4.62. The number of hydrogen-bond acceptors (Lipinski definition) is 2. The van der Waals surface area contributed by atoms with Crippen LogP contribution in [0.15, 0.2) is 60.7 Å². The molecule has 0 bridgehead atoms.